The van der Waals surface area contributed by atoms with E-state index in [0.29, 0.717) is 12.1 Å². The highest BCUT2D eigenvalue weighted by Crippen LogP contribution is 2.38. The molecular formula is C22H26N4O2. The fourth-order valence-corrected chi connectivity index (χ4v) is 4.41. The first-order chi connectivity index (χ1) is 13.5. The van der Waals surface area contributed by atoms with Gasteiger partial charge in [0.2, 0.25) is 5.91 Å². The molecule has 4 rings (SSSR count). The van der Waals surface area contributed by atoms with Crippen LogP contribution in [0.2, 0.25) is 0 Å². The molecule has 0 aliphatic carbocycles. The van der Waals surface area contributed by atoms with E-state index in [0.717, 1.165) is 43.7 Å². The van der Waals surface area contributed by atoms with Crippen LogP contribution in [0.1, 0.15) is 34.3 Å². The quantitative estimate of drug-likeness (QED) is 0.858. The van der Waals surface area contributed by atoms with E-state index in [9.17, 15) is 9.59 Å². The van der Waals surface area contributed by atoms with Crippen LogP contribution in [0.4, 0.5) is 10.5 Å². The van der Waals surface area contributed by atoms with Crippen LogP contribution in [-0.4, -0.2) is 42.0 Å². The van der Waals surface area contributed by atoms with Gasteiger partial charge < -0.3 is 11.1 Å². The predicted molar refractivity (Wildman–Crippen MR) is 109 cm³/mol. The van der Waals surface area contributed by atoms with E-state index in [4.69, 9.17) is 5.73 Å². The molecule has 2 heterocycles. The van der Waals surface area contributed by atoms with E-state index in [1.54, 1.807) is 12.1 Å². The molecule has 2 fully saturated rings. The molecule has 6 nitrogen and oxygen atoms in total. The monoisotopic (exact) mass is 378 g/mol. The summed E-state index contributed by atoms with van der Waals surface area (Å²) in [6.07, 6.45) is 1.82. The highest BCUT2D eigenvalue weighted by Gasteiger charge is 2.48. The molecule has 0 unspecified atom stereocenters. The Kier molecular flexibility index (Phi) is 4.81. The van der Waals surface area contributed by atoms with E-state index in [1.165, 1.54) is 5.56 Å². The number of likely N-dealkylation sites (tertiary alicyclic amines) is 1. The van der Waals surface area contributed by atoms with Crippen LogP contribution in [0.25, 0.3) is 0 Å². The Morgan fingerprint density at radius 3 is 2.50 bits per heavy atom. The molecule has 2 aliphatic rings. The van der Waals surface area contributed by atoms with Crippen molar-refractivity contribution < 1.29 is 9.59 Å². The number of primary amides is 1. The maximum Gasteiger partial charge on any atom is 0.322 e. The van der Waals surface area contributed by atoms with Gasteiger partial charge in [0.05, 0.1) is 5.54 Å². The molecule has 3 N–H and O–H groups in total. The molecular weight excluding hydrogens is 352 g/mol. The molecule has 2 saturated heterocycles. The van der Waals surface area contributed by atoms with Gasteiger partial charge in [-0.05, 0) is 49.1 Å². The van der Waals surface area contributed by atoms with Crippen LogP contribution in [-0.2, 0) is 6.54 Å². The minimum Gasteiger partial charge on any atom is -0.366 e. The van der Waals surface area contributed by atoms with E-state index >= 15 is 0 Å². The van der Waals surface area contributed by atoms with Crippen LogP contribution in [0.15, 0.2) is 48.5 Å². The summed E-state index contributed by atoms with van der Waals surface area (Å²) in [5, 5.41) is 3.03. The number of nitrogens with one attached hydrogen (secondary N) is 1. The van der Waals surface area contributed by atoms with Gasteiger partial charge in [-0.2, -0.15) is 0 Å². The zero-order valence-electron chi connectivity index (χ0n) is 16.1. The third-order valence-electron chi connectivity index (χ3n) is 6.00. The number of carbonyl (C=O) groups excluding carboxylic acids is 2. The highest BCUT2D eigenvalue weighted by molar-refractivity contribution is 5.98. The average Bonchev–Trinajstić information content (AvgIpc) is 3.00. The summed E-state index contributed by atoms with van der Waals surface area (Å²) >= 11 is 0. The Labute approximate surface area is 165 Å². The summed E-state index contributed by atoms with van der Waals surface area (Å²) < 4.78 is 0. The van der Waals surface area contributed by atoms with Gasteiger partial charge in [-0.25, -0.2) is 4.79 Å². The van der Waals surface area contributed by atoms with E-state index in [-0.39, 0.29) is 11.6 Å². The molecule has 0 bridgehead atoms. The molecule has 6 heteroatoms. The number of urea groups is 1. The van der Waals surface area contributed by atoms with Crippen molar-refractivity contribution in [2.75, 3.05) is 24.5 Å². The van der Waals surface area contributed by atoms with Crippen LogP contribution in [0.5, 0.6) is 0 Å². The third kappa shape index (κ3) is 3.36. The predicted octanol–water partition coefficient (Wildman–Crippen LogP) is 2.66. The van der Waals surface area contributed by atoms with Gasteiger partial charge in [-0.1, -0.05) is 30.3 Å². The summed E-state index contributed by atoms with van der Waals surface area (Å²) in [5.41, 5.74) is 8.70. The van der Waals surface area contributed by atoms with Gasteiger partial charge in [0, 0.05) is 37.4 Å². The molecule has 146 valence electrons. The maximum atomic E-state index is 12.7. The van der Waals surface area contributed by atoms with E-state index in [2.05, 4.69) is 34.5 Å². The third-order valence-corrected chi connectivity index (χ3v) is 6.00. The molecule has 28 heavy (non-hydrogen) atoms. The van der Waals surface area contributed by atoms with Crippen LogP contribution in [0.3, 0.4) is 0 Å². The molecule has 0 saturated carbocycles. The molecule has 2 aliphatic heterocycles. The van der Waals surface area contributed by atoms with E-state index < -0.39 is 5.91 Å². The minimum absolute atomic E-state index is 0.0635. The SMILES string of the molecule is Cc1cc(C(N)=O)ccc1N1C(=O)NCC12CCN(Cc1ccccc1)CC2. The van der Waals surface area contributed by atoms with Crippen LogP contribution < -0.4 is 16.0 Å². The lowest BCUT2D eigenvalue weighted by Gasteiger charge is -2.44. The number of carbonyl (C=O) groups is 2. The molecule has 2 aromatic rings. The molecule has 2 aromatic carbocycles. The summed E-state index contributed by atoms with van der Waals surface area (Å²) in [7, 11) is 0. The average molecular weight is 378 g/mol. The Hall–Kier alpha value is -2.86. The summed E-state index contributed by atoms with van der Waals surface area (Å²) in [5.74, 6) is -0.454. The van der Waals surface area contributed by atoms with Gasteiger partial charge in [0.15, 0.2) is 0 Å². The van der Waals surface area contributed by atoms with Crippen molar-refractivity contribution in [2.24, 2.45) is 5.73 Å². The number of hydrogen-bond donors (Lipinski definition) is 2. The second-order valence-electron chi connectivity index (χ2n) is 7.85. The molecule has 0 radical (unpaired) electrons. The zero-order valence-corrected chi connectivity index (χ0v) is 16.1. The second-order valence-corrected chi connectivity index (χ2v) is 7.85. The fourth-order valence-electron chi connectivity index (χ4n) is 4.41. The van der Waals surface area contributed by atoms with Crippen molar-refractivity contribution in [1.82, 2.24) is 10.2 Å². The van der Waals surface area contributed by atoms with Gasteiger partial charge in [0.1, 0.15) is 0 Å². The number of aryl methyl sites for hydroxylation is 1. The first-order valence-corrected chi connectivity index (χ1v) is 9.73. The maximum absolute atomic E-state index is 12.7. The summed E-state index contributed by atoms with van der Waals surface area (Å²) in [6.45, 7) is 5.40. The number of anilines is 1. The Morgan fingerprint density at radius 2 is 1.86 bits per heavy atom. The normalized spacial score (nSPS) is 19.0. The number of nitrogens with zero attached hydrogens (tertiary/aromatic N) is 2. The topological polar surface area (TPSA) is 78.7 Å². The van der Waals surface area contributed by atoms with Gasteiger partial charge in [-0.15, -0.1) is 0 Å². The number of amides is 3. The van der Waals surface area contributed by atoms with Gasteiger partial charge in [-0.3, -0.25) is 14.6 Å². The minimum atomic E-state index is -0.454. The number of nitrogens with two attached hydrogens (primary N) is 1. The van der Waals surface area contributed by atoms with Crippen molar-refractivity contribution in [3.8, 4) is 0 Å². The molecule has 0 atom stereocenters. The lowest BCUT2D eigenvalue weighted by molar-refractivity contribution is 0.1000. The van der Waals surface area contributed by atoms with E-state index in [1.807, 2.05) is 24.0 Å². The van der Waals surface area contributed by atoms with Crippen molar-refractivity contribution in [1.29, 1.82) is 0 Å². The van der Waals surface area contributed by atoms with Crippen molar-refractivity contribution in [3.63, 3.8) is 0 Å². The second kappa shape index (κ2) is 7.28. The summed E-state index contributed by atoms with van der Waals surface area (Å²) in [6, 6.07) is 15.7. The van der Waals surface area contributed by atoms with Crippen molar-refractivity contribution in [2.45, 2.75) is 31.8 Å². The standard InChI is InChI=1S/C22H26N4O2/c1-16-13-18(20(23)27)7-8-19(16)26-21(28)24-15-22(26)9-11-25(12-10-22)14-17-5-3-2-4-6-17/h2-8,13H,9-12,14-15H2,1H3,(H2,23,27)(H,24,28). The molecule has 3 amide bonds. The summed E-state index contributed by atoms with van der Waals surface area (Å²) in [4.78, 5) is 28.5. The van der Waals surface area contributed by atoms with Crippen LogP contribution >= 0.6 is 0 Å². The zero-order chi connectivity index (χ0) is 19.7. The number of rotatable bonds is 4. The van der Waals surface area contributed by atoms with Gasteiger partial charge in [0.25, 0.3) is 0 Å². The number of piperidine rings is 1. The lowest BCUT2D eigenvalue weighted by atomic mass is 9.86. The highest BCUT2D eigenvalue weighted by atomic mass is 16.2. The Bertz CT molecular complexity index is 889. The van der Waals surface area contributed by atoms with Crippen molar-refractivity contribution in [3.05, 3.63) is 65.2 Å². The first kappa shape index (κ1) is 18.5. The smallest absolute Gasteiger partial charge is 0.322 e. The Morgan fingerprint density at radius 1 is 1.14 bits per heavy atom. The van der Waals surface area contributed by atoms with Crippen molar-refractivity contribution >= 4 is 17.6 Å². The van der Waals surface area contributed by atoms with Gasteiger partial charge >= 0.3 is 6.03 Å². The number of hydrogen-bond acceptors (Lipinski definition) is 3. The molecule has 1 spiro atoms. The molecule has 0 aromatic heterocycles. The first-order valence-electron chi connectivity index (χ1n) is 9.73. The Balaban J connectivity index is 1.53. The largest absolute Gasteiger partial charge is 0.366 e. The number of benzene rings is 2. The van der Waals surface area contributed by atoms with Crippen LogP contribution in [0, 0.1) is 6.92 Å². The lowest BCUT2D eigenvalue weighted by Crippen LogP contribution is -2.54. The fraction of sp³-hybridized carbons (Fsp3) is 0.364.